The number of nitrogens with one attached hydrogen (secondary N) is 1. The molecule has 0 heterocycles. The largest absolute Gasteiger partial charge is 0.449 e. The highest BCUT2D eigenvalue weighted by atomic mass is 19.3. The van der Waals surface area contributed by atoms with Crippen LogP contribution in [0.2, 0.25) is 0 Å². The Morgan fingerprint density at radius 1 is 1.15 bits per heavy atom. The minimum Gasteiger partial charge on any atom is -0.449 e. The Labute approximate surface area is 151 Å². The number of benzene rings is 1. The van der Waals surface area contributed by atoms with E-state index >= 15 is 0 Å². The fourth-order valence-electron chi connectivity index (χ4n) is 2.76. The van der Waals surface area contributed by atoms with Gasteiger partial charge in [-0.1, -0.05) is 31.4 Å². The smallest absolute Gasteiger partial charge is 0.387 e. The summed E-state index contributed by atoms with van der Waals surface area (Å²) in [6.07, 6.45) is 7.09. The number of ether oxygens (including phenoxy) is 2. The van der Waals surface area contributed by atoms with E-state index in [1.165, 1.54) is 49.8 Å². The van der Waals surface area contributed by atoms with Gasteiger partial charge in [0, 0.05) is 12.1 Å². The maximum Gasteiger partial charge on any atom is 0.387 e. The zero-order chi connectivity index (χ0) is 18.9. The predicted molar refractivity (Wildman–Crippen MR) is 92.7 cm³/mol. The van der Waals surface area contributed by atoms with E-state index in [1.807, 2.05) is 0 Å². The van der Waals surface area contributed by atoms with Crippen LogP contribution in [0.25, 0.3) is 6.08 Å². The molecule has 1 fully saturated rings. The first-order valence-electron chi connectivity index (χ1n) is 8.68. The normalized spacial score (nSPS) is 16.5. The lowest BCUT2D eigenvalue weighted by Crippen LogP contribution is -2.42. The van der Waals surface area contributed by atoms with Crippen LogP contribution in [0, 0.1) is 0 Å². The third-order valence-electron chi connectivity index (χ3n) is 4.13. The van der Waals surface area contributed by atoms with Crippen molar-refractivity contribution in [3.8, 4) is 5.75 Å². The van der Waals surface area contributed by atoms with Crippen LogP contribution in [0.1, 0.15) is 44.6 Å². The molecule has 142 valence electrons. The average molecular weight is 367 g/mol. The SMILES string of the molecule is CC(OC(=O)/C=C/c1ccc(OC(F)F)cc1)C(=O)NC1CCCCC1. The van der Waals surface area contributed by atoms with Crippen LogP contribution in [-0.2, 0) is 14.3 Å². The number of hydrogen-bond acceptors (Lipinski definition) is 4. The molecule has 1 aromatic rings. The van der Waals surface area contributed by atoms with Gasteiger partial charge in [-0.15, -0.1) is 0 Å². The Hall–Kier alpha value is -2.44. The quantitative estimate of drug-likeness (QED) is 0.590. The second-order valence-corrected chi connectivity index (χ2v) is 6.20. The highest BCUT2D eigenvalue weighted by Crippen LogP contribution is 2.18. The molecule has 0 spiro atoms. The summed E-state index contributed by atoms with van der Waals surface area (Å²) in [5.41, 5.74) is 0.614. The van der Waals surface area contributed by atoms with Crippen molar-refractivity contribution in [3.05, 3.63) is 35.9 Å². The third kappa shape index (κ3) is 6.82. The Morgan fingerprint density at radius 3 is 2.42 bits per heavy atom. The molecular weight excluding hydrogens is 344 g/mol. The zero-order valence-corrected chi connectivity index (χ0v) is 14.6. The molecule has 1 atom stereocenters. The van der Waals surface area contributed by atoms with Gasteiger partial charge in [0.25, 0.3) is 5.91 Å². The van der Waals surface area contributed by atoms with Gasteiger partial charge in [-0.25, -0.2) is 4.79 Å². The number of halogens is 2. The lowest BCUT2D eigenvalue weighted by Gasteiger charge is -2.24. The van der Waals surface area contributed by atoms with E-state index in [9.17, 15) is 18.4 Å². The van der Waals surface area contributed by atoms with Gasteiger partial charge in [-0.2, -0.15) is 8.78 Å². The number of alkyl halides is 2. The van der Waals surface area contributed by atoms with E-state index in [0.29, 0.717) is 5.56 Å². The van der Waals surface area contributed by atoms with E-state index < -0.39 is 18.7 Å². The number of esters is 1. The van der Waals surface area contributed by atoms with Crippen molar-refractivity contribution >= 4 is 18.0 Å². The molecule has 2 rings (SSSR count). The zero-order valence-electron chi connectivity index (χ0n) is 14.6. The minimum atomic E-state index is -2.88. The third-order valence-corrected chi connectivity index (χ3v) is 4.13. The maximum absolute atomic E-state index is 12.1. The molecule has 1 aromatic carbocycles. The van der Waals surface area contributed by atoms with Crippen LogP contribution in [0.3, 0.4) is 0 Å². The fourth-order valence-corrected chi connectivity index (χ4v) is 2.76. The van der Waals surface area contributed by atoms with Crippen molar-refractivity contribution in [1.82, 2.24) is 5.32 Å². The predicted octanol–water partition coefficient (Wildman–Crippen LogP) is 3.68. The second-order valence-electron chi connectivity index (χ2n) is 6.20. The monoisotopic (exact) mass is 367 g/mol. The molecule has 1 unspecified atom stereocenters. The van der Waals surface area contributed by atoms with Crippen LogP contribution in [-0.4, -0.2) is 30.6 Å². The topological polar surface area (TPSA) is 64.6 Å². The fraction of sp³-hybridized carbons (Fsp3) is 0.474. The highest BCUT2D eigenvalue weighted by Gasteiger charge is 2.21. The van der Waals surface area contributed by atoms with Gasteiger partial charge in [-0.05, 0) is 43.5 Å². The van der Waals surface area contributed by atoms with Gasteiger partial charge in [0.05, 0.1) is 0 Å². The molecular formula is C19H23F2NO4. The molecule has 1 N–H and O–H groups in total. The summed E-state index contributed by atoms with van der Waals surface area (Å²) >= 11 is 0. The van der Waals surface area contributed by atoms with Crippen molar-refractivity contribution in [2.45, 2.75) is 57.8 Å². The number of hydrogen-bond donors (Lipinski definition) is 1. The number of carbonyl (C=O) groups is 2. The summed E-state index contributed by atoms with van der Waals surface area (Å²) in [4.78, 5) is 23.9. The van der Waals surface area contributed by atoms with Gasteiger partial charge in [0.15, 0.2) is 6.10 Å². The molecule has 1 aliphatic rings. The van der Waals surface area contributed by atoms with Crippen molar-refractivity contribution < 1.29 is 27.8 Å². The van der Waals surface area contributed by atoms with Crippen molar-refractivity contribution in [2.75, 3.05) is 0 Å². The molecule has 26 heavy (non-hydrogen) atoms. The van der Waals surface area contributed by atoms with Crippen molar-refractivity contribution in [3.63, 3.8) is 0 Å². The first-order chi connectivity index (χ1) is 12.4. The van der Waals surface area contributed by atoms with Gasteiger partial charge in [-0.3, -0.25) is 4.79 Å². The Kier molecular flexibility index (Phi) is 7.56. The van der Waals surface area contributed by atoms with E-state index in [0.717, 1.165) is 25.7 Å². The molecule has 1 amide bonds. The Balaban J connectivity index is 1.79. The minimum absolute atomic E-state index is 0.0349. The summed E-state index contributed by atoms with van der Waals surface area (Å²) in [6.45, 7) is -1.35. The van der Waals surface area contributed by atoms with E-state index in [1.54, 1.807) is 0 Å². The molecule has 0 aromatic heterocycles. The first kappa shape index (κ1) is 19.9. The number of rotatable bonds is 7. The van der Waals surface area contributed by atoms with Gasteiger partial charge in [0.1, 0.15) is 5.75 Å². The Morgan fingerprint density at radius 2 is 1.81 bits per heavy atom. The Bertz CT molecular complexity index is 625. The summed E-state index contributed by atoms with van der Waals surface area (Å²) in [6, 6.07) is 5.96. The van der Waals surface area contributed by atoms with E-state index in [-0.39, 0.29) is 17.7 Å². The van der Waals surface area contributed by atoms with E-state index in [2.05, 4.69) is 10.1 Å². The molecule has 7 heteroatoms. The second kappa shape index (κ2) is 9.89. The summed E-state index contributed by atoms with van der Waals surface area (Å²) in [5.74, 6) is -0.913. The first-order valence-corrected chi connectivity index (χ1v) is 8.68. The van der Waals surface area contributed by atoms with Crippen LogP contribution < -0.4 is 10.1 Å². The average Bonchev–Trinajstić information content (AvgIpc) is 2.61. The van der Waals surface area contributed by atoms with Gasteiger partial charge < -0.3 is 14.8 Å². The highest BCUT2D eigenvalue weighted by molar-refractivity contribution is 5.90. The van der Waals surface area contributed by atoms with Crippen LogP contribution in [0.15, 0.2) is 30.3 Å². The van der Waals surface area contributed by atoms with Gasteiger partial charge >= 0.3 is 12.6 Å². The summed E-state index contributed by atoms with van der Waals surface area (Å²) in [7, 11) is 0. The molecule has 0 bridgehead atoms. The molecule has 5 nitrogen and oxygen atoms in total. The van der Waals surface area contributed by atoms with Crippen molar-refractivity contribution in [1.29, 1.82) is 0 Å². The van der Waals surface area contributed by atoms with E-state index in [4.69, 9.17) is 4.74 Å². The molecule has 0 aliphatic heterocycles. The number of carbonyl (C=O) groups excluding carboxylic acids is 2. The lowest BCUT2D eigenvalue weighted by molar-refractivity contribution is -0.150. The van der Waals surface area contributed by atoms with Crippen LogP contribution in [0.4, 0.5) is 8.78 Å². The summed E-state index contributed by atoms with van der Waals surface area (Å²) in [5, 5.41) is 2.90. The summed E-state index contributed by atoms with van der Waals surface area (Å²) < 4.78 is 33.5. The lowest BCUT2D eigenvalue weighted by atomic mass is 9.95. The standard InChI is InChI=1S/C19H23F2NO4/c1-13(18(24)22-15-5-3-2-4-6-15)25-17(23)12-9-14-7-10-16(11-8-14)26-19(20)21/h7-13,15,19H,2-6H2,1H3,(H,22,24)/b12-9+. The van der Waals surface area contributed by atoms with Crippen LogP contribution >= 0.6 is 0 Å². The maximum atomic E-state index is 12.1. The number of amides is 1. The molecule has 0 saturated heterocycles. The molecule has 0 radical (unpaired) electrons. The van der Waals surface area contributed by atoms with Gasteiger partial charge in [0.2, 0.25) is 0 Å². The van der Waals surface area contributed by atoms with Crippen LogP contribution in [0.5, 0.6) is 5.75 Å². The molecule has 1 saturated carbocycles. The van der Waals surface area contributed by atoms with Crippen molar-refractivity contribution in [2.24, 2.45) is 0 Å². The molecule has 1 aliphatic carbocycles.